The van der Waals surface area contributed by atoms with Crippen molar-refractivity contribution in [3.05, 3.63) is 11.8 Å². The Morgan fingerprint density at radius 2 is 2.18 bits per heavy atom. The molecule has 0 radical (unpaired) electrons. The standard InChI is InChI=1S/C10H19N3O3S/c1-4-5-13(8(2)3)17(15,16)10-9(7-14)6-11-12-10/h6,8,14H,4-5,7H2,1-3H3,(H,11,12). The Labute approximate surface area is 102 Å². The largest absolute Gasteiger partial charge is 0.392 e. The predicted octanol–water partition coefficient (Wildman–Crippen LogP) is 0.711. The summed E-state index contributed by atoms with van der Waals surface area (Å²) in [5, 5.41) is 15.2. The Kier molecular flexibility index (Phi) is 4.67. The molecule has 1 aromatic rings. The van der Waals surface area contributed by atoms with Gasteiger partial charge in [0.1, 0.15) is 0 Å². The minimum absolute atomic E-state index is 0.0119. The van der Waals surface area contributed by atoms with Gasteiger partial charge in [-0.1, -0.05) is 6.92 Å². The summed E-state index contributed by atoms with van der Waals surface area (Å²) < 4.78 is 26.1. The molecule has 0 fully saturated rings. The van der Waals surface area contributed by atoms with E-state index in [-0.39, 0.29) is 17.7 Å². The highest BCUT2D eigenvalue weighted by Crippen LogP contribution is 2.19. The lowest BCUT2D eigenvalue weighted by molar-refractivity contribution is 0.277. The number of nitrogens with zero attached hydrogens (tertiary/aromatic N) is 2. The van der Waals surface area contributed by atoms with Gasteiger partial charge in [0, 0.05) is 18.2 Å². The second-order valence-electron chi connectivity index (χ2n) is 4.09. The van der Waals surface area contributed by atoms with Gasteiger partial charge in [0.25, 0.3) is 10.0 Å². The maximum atomic E-state index is 12.3. The second-order valence-corrected chi connectivity index (χ2v) is 5.92. The summed E-state index contributed by atoms with van der Waals surface area (Å²) in [5.41, 5.74) is 0.298. The summed E-state index contributed by atoms with van der Waals surface area (Å²) in [5.74, 6) is 0. The summed E-state index contributed by atoms with van der Waals surface area (Å²) in [4.78, 5) is 0. The van der Waals surface area contributed by atoms with E-state index in [9.17, 15) is 8.42 Å². The molecule has 0 atom stereocenters. The number of H-pyrrole nitrogens is 1. The zero-order valence-electron chi connectivity index (χ0n) is 10.3. The molecule has 0 aromatic carbocycles. The molecule has 0 aliphatic heterocycles. The molecule has 7 heteroatoms. The highest BCUT2D eigenvalue weighted by Gasteiger charge is 2.29. The molecule has 0 aliphatic rings. The minimum Gasteiger partial charge on any atom is -0.392 e. The minimum atomic E-state index is -3.61. The first-order chi connectivity index (χ1) is 7.95. The van der Waals surface area contributed by atoms with Crippen molar-refractivity contribution in [2.45, 2.75) is 44.9 Å². The monoisotopic (exact) mass is 261 g/mol. The van der Waals surface area contributed by atoms with Crippen LogP contribution in [0.1, 0.15) is 32.8 Å². The van der Waals surface area contributed by atoms with Gasteiger partial charge in [-0.15, -0.1) is 0 Å². The second kappa shape index (κ2) is 5.61. The third-order valence-electron chi connectivity index (χ3n) is 2.44. The summed E-state index contributed by atoms with van der Waals surface area (Å²) in [6, 6.07) is -0.130. The number of aliphatic hydroxyl groups excluding tert-OH is 1. The van der Waals surface area contributed by atoms with Crippen molar-refractivity contribution >= 4 is 10.0 Å². The predicted molar refractivity (Wildman–Crippen MR) is 63.8 cm³/mol. The van der Waals surface area contributed by atoms with Crippen molar-refractivity contribution in [1.29, 1.82) is 0 Å². The number of hydrogen-bond acceptors (Lipinski definition) is 4. The fraction of sp³-hybridized carbons (Fsp3) is 0.700. The lowest BCUT2D eigenvalue weighted by atomic mass is 10.4. The Balaban J connectivity index is 3.16. The van der Waals surface area contributed by atoms with E-state index in [4.69, 9.17) is 5.11 Å². The van der Waals surface area contributed by atoms with Gasteiger partial charge >= 0.3 is 0 Å². The molecule has 0 aliphatic carbocycles. The average molecular weight is 261 g/mol. The molecule has 0 saturated carbocycles. The normalized spacial score (nSPS) is 12.6. The van der Waals surface area contributed by atoms with Gasteiger partial charge in [-0.2, -0.15) is 9.40 Å². The van der Waals surface area contributed by atoms with Crippen molar-refractivity contribution in [3.63, 3.8) is 0 Å². The fourth-order valence-electron chi connectivity index (χ4n) is 1.63. The number of rotatable bonds is 6. The van der Waals surface area contributed by atoms with Crippen LogP contribution in [0.15, 0.2) is 11.2 Å². The van der Waals surface area contributed by atoms with E-state index in [0.29, 0.717) is 12.1 Å². The SMILES string of the molecule is CCCN(C(C)C)S(=O)(=O)c1[nH]ncc1CO. The fourth-order valence-corrected chi connectivity index (χ4v) is 3.46. The summed E-state index contributed by atoms with van der Waals surface area (Å²) in [7, 11) is -3.61. The molecular formula is C10H19N3O3S. The molecular weight excluding hydrogens is 242 g/mol. The van der Waals surface area contributed by atoms with E-state index in [1.54, 1.807) is 0 Å². The maximum absolute atomic E-state index is 12.3. The number of hydrogen-bond donors (Lipinski definition) is 2. The molecule has 0 bridgehead atoms. The van der Waals surface area contributed by atoms with Crippen molar-refractivity contribution in [3.8, 4) is 0 Å². The van der Waals surface area contributed by atoms with E-state index in [1.165, 1.54) is 10.5 Å². The number of nitrogens with one attached hydrogen (secondary N) is 1. The summed E-state index contributed by atoms with van der Waals surface area (Å²) in [6.45, 7) is 5.67. The zero-order valence-corrected chi connectivity index (χ0v) is 11.2. The summed E-state index contributed by atoms with van der Waals surface area (Å²) in [6.07, 6.45) is 2.07. The first-order valence-electron chi connectivity index (χ1n) is 5.60. The van der Waals surface area contributed by atoms with Gasteiger partial charge in [-0.05, 0) is 20.3 Å². The Bertz CT molecular complexity index is 453. The smallest absolute Gasteiger partial charge is 0.260 e. The van der Waals surface area contributed by atoms with Gasteiger partial charge < -0.3 is 5.11 Å². The van der Waals surface area contributed by atoms with Crippen LogP contribution in [-0.4, -0.2) is 40.6 Å². The van der Waals surface area contributed by atoms with Crippen LogP contribution in [0.25, 0.3) is 0 Å². The molecule has 17 heavy (non-hydrogen) atoms. The van der Waals surface area contributed by atoms with Gasteiger partial charge in [-0.25, -0.2) is 8.42 Å². The highest BCUT2D eigenvalue weighted by molar-refractivity contribution is 7.89. The molecule has 0 unspecified atom stereocenters. The topological polar surface area (TPSA) is 86.3 Å². The highest BCUT2D eigenvalue weighted by atomic mass is 32.2. The Morgan fingerprint density at radius 3 is 2.65 bits per heavy atom. The Morgan fingerprint density at radius 1 is 1.53 bits per heavy atom. The van der Waals surface area contributed by atoms with Crippen molar-refractivity contribution in [2.75, 3.05) is 6.54 Å². The van der Waals surface area contributed by atoms with Gasteiger partial charge in [0.15, 0.2) is 5.03 Å². The van der Waals surface area contributed by atoms with Gasteiger partial charge in [-0.3, -0.25) is 5.10 Å². The number of sulfonamides is 1. The molecule has 2 N–H and O–H groups in total. The number of aliphatic hydroxyl groups is 1. The molecule has 1 rings (SSSR count). The van der Waals surface area contributed by atoms with Crippen LogP contribution in [0, 0.1) is 0 Å². The van der Waals surface area contributed by atoms with Crippen LogP contribution in [0.2, 0.25) is 0 Å². The number of aromatic nitrogens is 2. The first kappa shape index (κ1) is 14.1. The van der Waals surface area contributed by atoms with Crippen LogP contribution < -0.4 is 0 Å². The van der Waals surface area contributed by atoms with Crippen molar-refractivity contribution < 1.29 is 13.5 Å². The van der Waals surface area contributed by atoms with E-state index in [1.807, 2.05) is 20.8 Å². The lowest BCUT2D eigenvalue weighted by Crippen LogP contribution is -2.38. The third kappa shape index (κ3) is 2.85. The van der Waals surface area contributed by atoms with E-state index in [0.717, 1.165) is 6.42 Å². The third-order valence-corrected chi connectivity index (χ3v) is 4.53. The zero-order chi connectivity index (χ0) is 13.1. The van der Waals surface area contributed by atoms with Gasteiger partial charge in [0.05, 0.1) is 12.8 Å². The van der Waals surface area contributed by atoms with Crippen LogP contribution >= 0.6 is 0 Å². The molecule has 1 aromatic heterocycles. The van der Waals surface area contributed by atoms with E-state index >= 15 is 0 Å². The molecule has 98 valence electrons. The number of aromatic amines is 1. The molecule has 0 saturated heterocycles. The van der Waals surface area contributed by atoms with Crippen LogP contribution in [0.4, 0.5) is 0 Å². The molecule has 6 nitrogen and oxygen atoms in total. The van der Waals surface area contributed by atoms with Gasteiger partial charge in [0.2, 0.25) is 0 Å². The van der Waals surface area contributed by atoms with E-state index < -0.39 is 10.0 Å². The molecule has 0 spiro atoms. The first-order valence-corrected chi connectivity index (χ1v) is 7.04. The van der Waals surface area contributed by atoms with Crippen LogP contribution in [0.3, 0.4) is 0 Å². The Hall–Kier alpha value is -0.920. The lowest BCUT2D eigenvalue weighted by Gasteiger charge is -2.24. The maximum Gasteiger partial charge on any atom is 0.260 e. The average Bonchev–Trinajstić information content (AvgIpc) is 2.73. The summed E-state index contributed by atoms with van der Waals surface area (Å²) >= 11 is 0. The van der Waals surface area contributed by atoms with Crippen LogP contribution in [0.5, 0.6) is 0 Å². The van der Waals surface area contributed by atoms with Crippen molar-refractivity contribution in [2.24, 2.45) is 0 Å². The van der Waals surface area contributed by atoms with Crippen LogP contribution in [-0.2, 0) is 16.6 Å². The van der Waals surface area contributed by atoms with E-state index in [2.05, 4.69) is 10.2 Å². The molecule has 0 amide bonds. The quantitative estimate of drug-likeness (QED) is 0.789. The van der Waals surface area contributed by atoms with Crippen molar-refractivity contribution in [1.82, 2.24) is 14.5 Å². The molecule has 1 heterocycles.